The van der Waals surface area contributed by atoms with Gasteiger partial charge < -0.3 is 9.47 Å². The zero-order valence-electron chi connectivity index (χ0n) is 26.0. The topological polar surface area (TPSA) is 18.5 Å². The second kappa shape index (κ2) is 15.3. The lowest BCUT2D eigenvalue weighted by molar-refractivity contribution is 0.306. The number of rotatable bonds is 0. The van der Waals surface area contributed by atoms with Crippen LogP contribution in [-0.2, 0) is 36.2 Å². The van der Waals surface area contributed by atoms with Crippen molar-refractivity contribution in [3.8, 4) is 33.8 Å². The summed E-state index contributed by atoms with van der Waals surface area (Å²) in [5.74, 6) is 5.73. The lowest BCUT2D eigenvalue weighted by Crippen LogP contribution is -1.96. The van der Waals surface area contributed by atoms with Crippen molar-refractivity contribution in [3.05, 3.63) is 177 Å². The first-order valence-electron chi connectivity index (χ1n) is 15.8. The van der Waals surface area contributed by atoms with Crippen LogP contribution in [0.4, 0.5) is 0 Å². The highest BCUT2D eigenvalue weighted by atomic mass is 79.9. The number of fused-ring (bicyclic) bond motifs is 4. The van der Waals surface area contributed by atoms with E-state index in [-0.39, 0.29) is 0 Å². The maximum absolute atomic E-state index is 6.14. The standard InChI is InChI=1S/C42H35BrO2S2/c43-42-40-5-2-6-41(42)37-17-9-31(10-18-37)25-45-39-21-13-33(14-22-39)27-47-29-35-4-1-3-34(23-35)28-46-26-32-11-19-38(20-12-32)44-24-30-7-15-36(40)16-8-30/h1-23H,24-29H2. The molecule has 0 saturated heterocycles. The van der Waals surface area contributed by atoms with Crippen molar-refractivity contribution in [1.29, 1.82) is 0 Å². The molecule has 0 unspecified atom stereocenters. The third kappa shape index (κ3) is 8.34. The number of ether oxygens (including phenoxy) is 2. The Morgan fingerprint density at radius 2 is 0.787 bits per heavy atom. The second-order valence-electron chi connectivity index (χ2n) is 11.7. The molecular formula is C42H35BrO2S2. The number of benzene rings is 6. The summed E-state index contributed by atoms with van der Waals surface area (Å²) in [7, 11) is 0. The van der Waals surface area contributed by atoms with Crippen LogP contribution in [0.1, 0.15) is 33.4 Å². The summed E-state index contributed by atoms with van der Waals surface area (Å²) >= 11 is 7.81. The molecule has 0 amide bonds. The highest BCUT2D eigenvalue weighted by Crippen LogP contribution is 2.37. The van der Waals surface area contributed by atoms with Crippen LogP contribution in [0, 0.1) is 0 Å². The minimum atomic E-state index is 0.533. The molecule has 0 aliphatic carbocycles. The molecule has 0 aromatic heterocycles. The Bertz CT molecular complexity index is 1780. The minimum absolute atomic E-state index is 0.533. The Labute approximate surface area is 294 Å². The largest absolute Gasteiger partial charge is 0.489 e. The third-order valence-corrected chi connectivity index (χ3v) is 11.3. The normalized spacial score (nSPS) is 13.7. The van der Waals surface area contributed by atoms with Crippen molar-refractivity contribution in [2.45, 2.75) is 36.2 Å². The van der Waals surface area contributed by atoms with E-state index in [1.54, 1.807) is 0 Å². The summed E-state index contributed by atoms with van der Waals surface area (Å²) in [6, 6.07) is 49.8. The Kier molecular flexibility index (Phi) is 10.3. The number of thioether (sulfide) groups is 2. The van der Waals surface area contributed by atoms with E-state index in [0.29, 0.717) is 13.2 Å². The zero-order valence-corrected chi connectivity index (χ0v) is 29.3. The molecule has 234 valence electrons. The quantitative estimate of drug-likeness (QED) is 0.156. The van der Waals surface area contributed by atoms with E-state index in [1.165, 1.54) is 22.3 Å². The summed E-state index contributed by atoms with van der Waals surface area (Å²) in [5.41, 5.74) is 12.3. The molecule has 0 atom stereocenters. The fourth-order valence-corrected chi connectivity index (χ4v) is 8.23. The van der Waals surface area contributed by atoms with E-state index in [2.05, 4.69) is 155 Å². The SMILES string of the molecule is Brc1c2cccc1-c1ccc(cc1)COc1ccc(cc1)CSCc1cccc(c1)CSCc1ccc(cc1)OCc1ccc-2cc1. The predicted octanol–water partition coefficient (Wildman–Crippen LogP) is 12.1. The highest BCUT2D eigenvalue weighted by Gasteiger charge is 2.11. The molecule has 12 bridgehead atoms. The van der Waals surface area contributed by atoms with Gasteiger partial charge in [0.1, 0.15) is 24.7 Å². The monoisotopic (exact) mass is 714 g/mol. The highest BCUT2D eigenvalue weighted by molar-refractivity contribution is 9.10. The molecule has 5 heterocycles. The first kappa shape index (κ1) is 31.7. The van der Waals surface area contributed by atoms with E-state index in [9.17, 15) is 0 Å². The van der Waals surface area contributed by atoms with E-state index in [0.717, 1.165) is 72.4 Å². The molecule has 5 aliphatic rings. The van der Waals surface area contributed by atoms with Crippen LogP contribution in [0.2, 0.25) is 0 Å². The predicted molar refractivity (Wildman–Crippen MR) is 203 cm³/mol. The molecule has 2 nitrogen and oxygen atoms in total. The van der Waals surface area contributed by atoms with Gasteiger partial charge in [0.2, 0.25) is 0 Å². The molecule has 6 aromatic rings. The maximum Gasteiger partial charge on any atom is 0.119 e. The molecule has 0 radical (unpaired) electrons. The number of hydrogen-bond acceptors (Lipinski definition) is 4. The van der Waals surface area contributed by atoms with Gasteiger partial charge in [0.25, 0.3) is 0 Å². The Balaban J connectivity index is 1.10. The molecule has 0 fully saturated rings. The van der Waals surface area contributed by atoms with E-state index in [1.807, 2.05) is 23.5 Å². The van der Waals surface area contributed by atoms with Gasteiger partial charge in [-0.25, -0.2) is 0 Å². The molecule has 11 rings (SSSR count). The minimum Gasteiger partial charge on any atom is -0.489 e. The summed E-state index contributed by atoms with van der Waals surface area (Å²) in [6.45, 7) is 1.07. The van der Waals surface area contributed by atoms with Crippen molar-refractivity contribution in [3.63, 3.8) is 0 Å². The van der Waals surface area contributed by atoms with Gasteiger partial charge in [0, 0.05) is 27.5 Å². The van der Waals surface area contributed by atoms with Gasteiger partial charge >= 0.3 is 0 Å². The molecular weight excluding hydrogens is 680 g/mol. The van der Waals surface area contributed by atoms with Crippen LogP contribution in [0.5, 0.6) is 11.5 Å². The first-order chi connectivity index (χ1) is 23.2. The lowest BCUT2D eigenvalue weighted by Gasteiger charge is -2.13. The van der Waals surface area contributed by atoms with Crippen LogP contribution in [0.25, 0.3) is 22.3 Å². The molecule has 0 N–H and O–H groups in total. The second-order valence-corrected chi connectivity index (χ2v) is 14.5. The summed E-state index contributed by atoms with van der Waals surface area (Å²) in [5, 5.41) is 0. The van der Waals surface area contributed by atoms with E-state index in [4.69, 9.17) is 9.47 Å². The van der Waals surface area contributed by atoms with Crippen LogP contribution >= 0.6 is 39.5 Å². The third-order valence-electron chi connectivity index (χ3n) is 8.25. The van der Waals surface area contributed by atoms with Crippen LogP contribution in [-0.4, -0.2) is 0 Å². The molecule has 6 aromatic carbocycles. The maximum atomic E-state index is 6.14. The number of halogens is 1. The first-order valence-corrected chi connectivity index (χ1v) is 18.9. The van der Waals surface area contributed by atoms with Crippen molar-refractivity contribution >= 4 is 39.5 Å². The van der Waals surface area contributed by atoms with Crippen LogP contribution in [0.15, 0.2) is 144 Å². The summed E-state index contributed by atoms with van der Waals surface area (Å²) in [4.78, 5) is 0. The van der Waals surface area contributed by atoms with Gasteiger partial charge in [-0.15, -0.1) is 0 Å². The average Bonchev–Trinajstić information content (AvgIpc) is 3.11. The smallest absolute Gasteiger partial charge is 0.119 e. The lowest BCUT2D eigenvalue weighted by atomic mass is 9.98. The summed E-state index contributed by atoms with van der Waals surface area (Å²) in [6.07, 6.45) is 0. The van der Waals surface area contributed by atoms with Crippen molar-refractivity contribution in [2.24, 2.45) is 0 Å². The van der Waals surface area contributed by atoms with Gasteiger partial charge in [-0.3, -0.25) is 0 Å². The molecule has 5 aliphatic heterocycles. The molecule has 0 spiro atoms. The van der Waals surface area contributed by atoms with Gasteiger partial charge in [0.05, 0.1) is 0 Å². The number of hydrogen-bond donors (Lipinski definition) is 0. The zero-order chi connectivity index (χ0) is 31.8. The van der Waals surface area contributed by atoms with Gasteiger partial charge in [-0.2, -0.15) is 23.5 Å². The van der Waals surface area contributed by atoms with E-state index < -0.39 is 0 Å². The van der Waals surface area contributed by atoms with Crippen molar-refractivity contribution in [1.82, 2.24) is 0 Å². The van der Waals surface area contributed by atoms with E-state index >= 15 is 0 Å². The fraction of sp³-hybridized carbons (Fsp3) is 0.143. The van der Waals surface area contributed by atoms with Crippen molar-refractivity contribution in [2.75, 3.05) is 0 Å². The molecule has 47 heavy (non-hydrogen) atoms. The fourth-order valence-electron chi connectivity index (χ4n) is 5.62. The van der Waals surface area contributed by atoms with Gasteiger partial charge in [0.15, 0.2) is 0 Å². The van der Waals surface area contributed by atoms with Crippen molar-refractivity contribution < 1.29 is 9.47 Å². The Hall–Kier alpha value is -3.90. The average molecular weight is 716 g/mol. The Morgan fingerprint density at radius 1 is 0.404 bits per heavy atom. The molecule has 0 saturated carbocycles. The Morgan fingerprint density at radius 3 is 1.23 bits per heavy atom. The van der Waals surface area contributed by atoms with Gasteiger partial charge in [-0.1, -0.05) is 115 Å². The van der Waals surface area contributed by atoms with Crippen LogP contribution < -0.4 is 9.47 Å². The molecule has 5 heteroatoms. The van der Waals surface area contributed by atoms with Gasteiger partial charge in [-0.05, 0) is 95.8 Å². The summed E-state index contributed by atoms with van der Waals surface area (Å²) < 4.78 is 13.4. The van der Waals surface area contributed by atoms with Crippen LogP contribution in [0.3, 0.4) is 0 Å².